The van der Waals surface area contributed by atoms with Crippen LogP contribution in [0, 0.1) is 11.3 Å². The van der Waals surface area contributed by atoms with Crippen LogP contribution in [0.25, 0.3) is 0 Å². The van der Waals surface area contributed by atoms with Gasteiger partial charge in [0.25, 0.3) is 5.56 Å². The molecule has 1 fully saturated rings. The summed E-state index contributed by atoms with van der Waals surface area (Å²) >= 11 is 0. The predicted molar refractivity (Wildman–Crippen MR) is 62.5 cm³/mol. The number of nitrogens with one attached hydrogen (secondary N) is 1. The van der Waals surface area contributed by atoms with Gasteiger partial charge in [0.15, 0.2) is 12.4 Å². The quantitative estimate of drug-likeness (QED) is 0.600. The first-order chi connectivity index (χ1) is 9.49. The fourth-order valence-corrected chi connectivity index (χ4v) is 2.01. The first-order valence-electron chi connectivity index (χ1n) is 5.79. The molecule has 8 nitrogen and oxygen atoms in total. The number of nitriles is 1. The van der Waals surface area contributed by atoms with Gasteiger partial charge in [0, 0.05) is 11.8 Å². The van der Waals surface area contributed by atoms with Crippen LogP contribution < -0.4 is 11.2 Å². The van der Waals surface area contributed by atoms with Gasteiger partial charge in [-0.3, -0.25) is 14.3 Å². The van der Waals surface area contributed by atoms with E-state index in [4.69, 9.17) is 15.1 Å². The molecular formula is C11H12FN3O5. The Morgan fingerprint density at radius 2 is 2.25 bits per heavy atom. The van der Waals surface area contributed by atoms with Crippen molar-refractivity contribution in [3.63, 3.8) is 0 Å². The number of aromatic nitrogens is 2. The first-order valence-corrected chi connectivity index (χ1v) is 5.79. The number of aliphatic hydroxyl groups is 2. The Labute approximate surface area is 111 Å². The van der Waals surface area contributed by atoms with Crippen molar-refractivity contribution in [2.24, 2.45) is 0 Å². The lowest BCUT2D eigenvalue weighted by Gasteiger charge is -2.16. The van der Waals surface area contributed by atoms with Crippen molar-refractivity contribution in [1.82, 2.24) is 9.55 Å². The summed E-state index contributed by atoms with van der Waals surface area (Å²) in [5.74, 6) is 0. The highest BCUT2D eigenvalue weighted by Crippen LogP contribution is 2.30. The third-order valence-electron chi connectivity index (χ3n) is 3.06. The number of alkyl halides is 1. The van der Waals surface area contributed by atoms with Crippen LogP contribution >= 0.6 is 0 Å². The van der Waals surface area contributed by atoms with Crippen LogP contribution in [0.1, 0.15) is 11.8 Å². The first kappa shape index (κ1) is 14.4. The zero-order valence-corrected chi connectivity index (χ0v) is 10.2. The lowest BCUT2D eigenvalue weighted by atomic mass is 10.1. The monoisotopic (exact) mass is 285 g/mol. The average molecular weight is 285 g/mol. The molecule has 20 heavy (non-hydrogen) atoms. The number of hydrogen-bond acceptors (Lipinski definition) is 6. The molecule has 2 rings (SSSR count). The fourth-order valence-electron chi connectivity index (χ4n) is 2.01. The van der Waals surface area contributed by atoms with Crippen molar-refractivity contribution >= 4 is 0 Å². The number of ether oxygens (including phenoxy) is 1. The van der Waals surface area contributed by atoms with E-state index in [1.54, 1.807) is 6.07 Å². The Morgan fingerprint density at radius 3 is 2.80 bits per heavy atom. The molecule has 108 valence electrons. The number of H-pyrrole nitrogens is 1. The van der Waals surface area contributed by atoms with Crippen LogP contribution in [0.3, 0.4) is 0 Å². The third-order valence-corrected chi connectivity index (χ3v) is 3.06. The minimum absolute atomic E-state index is 0.0233. The van der Waals surface area contributed by atoms with E-state index in [1.807, 2.05) is 4.98 Å². The van der Waals surface area contributed by atoms with E-state index in [0.29, 0.717) is 0 Å². The maximum absolute atomic E-state index is 13.9. The summed E-state index contributed by atoms with van der Waals surface area (Å²) in [6.07, 6.45) is -5.38. The summed E-state index contributed by atoms with van der Waals surface area (Å²) in [4.78, 5) is 25.0. The number of hydrogen-bond donors (Lipinski definition) is 3. The van der Waals surface area contributed by atoms with Gasteiger partial charge in [0.05, 0.1) is 19.1 Å². The zero-order chi connectivity index (χ0) is 14.9. The molecule has 1 aromatic heterocycles. The van der Waals surface area contributed by atoms with Gasteiger partial charge in [-0.2, -0.15) is 5.26 Å². The normalized spacial score (nSPS) is 29.3. The molecule has 0 amide bonds. The van der Waals surface area contributed by atoms with Crippen LogP contribution in [-0.4, -0.2) is 44.8 Å². The smallest absolute Gasteiger partial charge is 0.330 e. The summed E-state index contributed by atoms with van der Waals surface area (Å²) in [7, 11) is 0. The second-order valence-electron chi connectivity index (χ2n) is 4.34. The van der Waals surface area contributed by atoms with Gasteiger partial charge in [-0.25, -0.2) is 9.18 Å². The van der Waals surface area contributed by atoms with Crippen molar-refractivity contribution < 1.29 is 19.3 Å². The maximum atomic E-state index is 13.9. The Morgan fingerprint density at radius 1 is 1.55 bits per heavy atom. The lowest BCUT2D eigenvalue weighted by Crippen LogP contribution is -2.37. The van der Waals surface area contributed by atoms with E-state index in [9.17, 15) is 19.1 Å². The molecule has 1 saturated heterocycles. The number of halogens is 1. The van der Waals surface area contributed by atoms with Crippen LogP contribution in [0.4, 0.5) is 4.39 Å². The van der Waals surface area contributed by atoms with Crippen molar-refractivity contribution in [2.45, 2.75) is 31.0 Å². The molecule has 0 unspecified atom stereocenters. The molecule has 0 spiro atoms. The van der Waals surface area contributed by atoms with Crippen molar-refractivity contribution in [1.29, 1.82) is 5.26 Å². The Kier molecular flexibility index (Phi) is 3.99. The van der Waals surface area contributed by atoms with E-state index in [1.165, 1.54) is 0 Å². The molecular weight excluding hydrogens is 273 g/mol. The highest BCUT2D eigenvalue weighted by Gasteiger charge is 2.45. The molecule has 1 aliphatic heterocycles. The largest absolute Gasteiger partial charge is 0.394 e. The lowest BCUT2D eigenvalue weighted by molar-refractivity contribution is -0.0492. The van der Waals surface area contributed by atoms with E-state index < -0.39 is 42.5 Å². The van der Waals surface area contributed by atoms with Crippen molar-refractivity contribution in [3.05, 3.63) is 32.6 Å². The van der Waals surface area contributed by atoms with Crippen molar-refractivity contribution in [2.75, 3.05) is 6.61 Å². The minimum atomic E-state index is -1.94. The number of nitrogens with zero attached hydrogens (tertiary/aromatic N) is 2. The molecule has 0 bridgehead atoms. The molecule has 2 heterocycles. The summed E-state index contributed by atoms with van der Waals surface area (Å²) in [6, 6.07) is 1.74. The van der Waals surface area contributed by atoms with Gasteiger partial charge in [-0.05, 0) is 0 Å². The number of rotatable bonds is 3. The van der Waals surface area contributed by atoms with Gasteiger partial charge >= 0.3 is 5.69 Å². The van der Waals surface area contributed by atoms with E-state index in [0.717, 1.165) is 10.8 Å². The minimum Gasteiger partial charge on any atom is -0.394 e. The molecule has 0 aromatic carbocycles. The Balaban J connectivity index is 2.43. The Bertz CT molecular complexity index is 649. The molecule has 4 atom stereocenters. The average Bonchev–Trinajstić information content (AvgIpc) is 2.70. The molecule has 9 heteroatoms. The highest BCUT2D eigenvalue weighted by molar-refractivity contribution is 5.10. The van der Waals surface area contributed by atoms with Crippen LogP contribution in [0.2, 0.25) is 0 Å². The molecule has 0 aliphatic carbocycles. The fraction of sp³-hybridized carbons (Fsp3) is 0.545. The van der Waals surface area contributed by atoms with Crippen LogP contribution in [0.15, 0.2) is 15.8 Å². The van der Waals surface area contributed by atoms with E-state index in [2.05, 4.69) is 0 Å². The second-order valence-corrected chi connectivity index (χ2v) is 4.34. The SMILES string of the molecule is N#CCc1cn([C@@H]2O[C@H](CO)[C@@H](O)[C@H]2F)c(=O)[nH]c1=O. The highest BCUT2D eigenvalue weighted by atomic mass is 19.1. The standard InChI is InChI=1S/C11H12FN3O5/c12-7-8(17)6(4-16)20-10(7)15-3-5(1-2-13)9(18)14-11(15)19/h3,6-8,10,16-17H,1,4H2,(H,14,18,19)/t6-,7-,8-,10-/m1/s1. The third kappa shape index (κ3) is 2.36. The number of aromatic amines is 1. The maximum Gasteiger partial charge on any atom is 0.330 e. The summed E-state index contributed by atoms with van der Waals surface area (Å²) in [5.41, 5.74) is -1.68. The summed E-state index contributed by atoms with van der Waals surface area (Å²) < 4.78 is 19.7. The van der Waals surface area contributed by atoms with Gasteiger partial charge in [-0.15, -0.1) is 0 Å². The van der Waals surface area contributed by atoms with Crippen LogP contribution in [-0.2, 0) is 11.2 Å². The molecule has 0 radical (unpaired) electrons. The van der Waals surface area contributed by atoms with Crippen molar-refractivity contribution in [3.8, 4) is 6.07 Å². The van der Waals surface area contributed by atoms with Gasteiger partial charge in [0.2, 0.25) is 0 Å². The number of aliphatic hydroxyl groups excluding tert-OH is 2. The van der Waals surface area contributed by atoms with Gasteiger partial charge in [0.1, 0.15) is 12.2 Å². The summed E-state index contributed by atoms with van der Waals surface area (Å²) in [5, 5.41) is 27.0. The molecule has 0 saturated carbocycles. The predicted octanol–water partition coefficient (Wildman–Crippen LogP) is -1.81. The topological polar surface area (TPSA) is 128 Å². The summed E-state index contributed by atoms with van der Waals surface area (Å²) in [6.45, 7) is -0.610. The van der Waals surface area contributed by atoms with E-state index >= 15 is 0 Å². The Hall–Kier alpha value is -2.02. The molecule has 1 aliphatic rings. The second kappa shape index (κ2) is 5.54. The molecule has 3 N–H and O–H groups in total. The van der Waals surface area contributed by atoms with Gasteiger partial charge in [-0.1, -0.05) is 0 Å². The van der Waals surface area contributed by atoms with Crippen LogP contribution in [0.5, 0.6) is 0 Å². The van der Waals surface area contributed by atoms with Gasteiger partial charge < -0.3 is 14.9 Å². The zero-order valence-electron chi connectivity index (χ0n) is 10.2. The molecule has 1 aromatic rings. The van der Waals surface area contributed by atoms with E-state index in [-0.39, 0.29) is 12.0 Å².